The molecule has 2 aliphatic heterocycles. The molecule has 34 heavy (non-hydrogen) atoms. The molecule has 0 saturated carbocycles. The fourth-order valence-electron chi connectivity index (χ4n) is 4.78. The van der Waals surface area contributed by atoms with Gasteiger partial charge >= 0.3 is 12.3 Å². The Morgan fingerprint density at radius 2 is 1.76 bits per heavy atom. The van der Waals surface area contributed by atoms with E-state index in [1.807, 2.05) is 24.3 Å². The molecule has 2 aliphatic rings. The van der Waals surface area contributed by atoms with E-state index in [2.05, 4.69) is 15.1 Å². The summed E-state index contributed by atoms with van der Waals surface area (Å²) < 4.78 is 40.1. The molecular weight excluding hydrogens is 463 g/mol. The van der Waals surface area contributed by atoms with Crippen molar-refractivity contribution in [3.05, 3.63) is 48.0 Å². The van der Waals surface area contributed by atoms with Crippen molar-refractivity contribution in [2.24, 2.45) is 5.92 Å². The first-order chi connectivity index (χ1) is 16.3. The van der Waals surface area contributed by atoms with Crippen LogP contribution >= 0.6 is 11.8 Å². The molecule has 5 nitrogen and oxygen atoms in total. The van der Waals surface area contributed by atoms with Gasteiger partial charge in [0.1, 0.15) is 0 Å². The van der Waals surface area contributed by atoms with E-state index in [0.29, 0.717) is 24.7 Å². The number of carbonyl (C=O) groups is 1. The van der Waals surface area contributed by atoms with Gasteiger partial charge in [0.15, 0.2) is 0 Å². The lowest BCUT2D eigenvalue weighted by molar-refractivity contribution is -0.137. The molecule has 0 spiro atoms. The SMILES string of the molecule is O=C(O)NCCCN1CCC(CCCN2c3ccccc3Sc3ccc(C(F)(F)F)cc32)CC1. The quantitative estimate of drug-likeness (QED) is 0.414. The number of hydrogen-bond acceptors (Lipinski definition) is 4. The van der Waals surface area contributed by atoms with Crippen molar-refractivity contribution in [1.29, 1.82) is 0 Å². The first kappa shape index (κ1) is 24.7. The molecule has 0 atom stereocenters. The third kappa shape index (κ3) is 6.18. The molecular formula is C25H30F3N3O2S. The van der Waals surface area contributed by atoms with Crippen molar-refractivity contribution < 1.29 is 23.1 Å². The van der Waals surface area contributed by atoms with Crippen LogP contribution in [0.4, 0.5) is 29.3 Å². The van der Waals surface area contributed by atoms with E-state index < -0.39 is 17.8 Å². The zero-order chi connectivity index (χ0) is 24.1. The molecule has 9 heteroatoms. The number of hydrogen-bond donors (Lipinski definition) is 2. The maximum absolute atomic E-state index is 13.4. The lowest BCUT2D eigenvalue weighted by Gasteiger charge is -2.35. The van der Waals surface area contributed by atoms with E-state index in [0.717, 1.165) is 67.2 Å². The summed E-state index contributed by atoms with van der Waals surface area (Å²) in [6, 6.07) is 12.0. The topological polar surface area (TPSA) is 55.8 Å². The van der Waals surface area contributed by atoms with E-state index in [4.69, 9.17) is 5.11 Å². The predicted molar refractivity (Wildman–Crippen MR) is 128 cm³/mol. The van der Waals surface area contributed by atoms with Crippen LogP contribution in [0, 0.1) is 5.92 Å². The normalized spacial score (nSPS) is 16.7. The molecule has 1 amide bonds. The maximum atomic E-state index is 13.4. The maximum Gasteiger partial charge on any atom is 0.416 e. The van der Waals surface area contributed by atoms with Crippen LogP contribution in [0.15, 0.2) is 52.3 Å². The smallest absolute Gasteiger partial charge is 0.416 e. The van der Waals surface area contributed by atoms with Crippen LogP contribution < -0.4 is 10.2 Å². The minimum atomic E-state index is -4.36. The Labute approximate surface area is 202 Å². The van der Waals surface area contributed by atoms with Crippen molar-refractivity contribution >= 4 is 29.2 Å². The summed E-state index contributed by atoms with van der Waals surface area (Å²) in [5, 5.41) is 11.0. The number of alkyl halides is 3. The second-order valence-electron chi connectivity index (χ2n) is 8.91. The Balaban J connectivity index is 1.33. The molecule has 1 saturated heterocycles. The van der Waals surface area contributed by atoms with E-state index >= 15 is 0 Å². The standard InChI is InChI=1S/C25H30F3N3O2S/c26-25(27,28)19-8-9-23-21(17-19)31(20-6-1-2-7-22(20)34-23)14-3-5-18-10-15-30(16-11-18)13-4-12-29-24(32)33/h1-2,6-9,17-18,29H,3-5,10-16H2,(H,32,33). The lowest BCUT2D eigenvalue weighted by atomic mass is 9.92. The number of fused-ring (bicyclic) bond motifs is 2. The Hall–Kier alpha value is -2.39. The number of likely N-dealkylation sites (tertiary alicyclic amines) is 1. The fourth-order valence-corrected chi connectivity index (χ4v) is 5.86. The van der Waals surface area contributed by atoms with Gasteiger partial charge in [-0.25, -0.2) is 4.79 Å². The molecule has 184 valence electrons. The Morgan fingerprint density at radius 1 is 1.03 bits per heavy atom. The number of benzene rings is 2. The zero-order valence-electron chi connectivity index (χ0n) is 19.0. The van der Waals surface area contributed by atoms with Gasteiger partial charge in [-0.05, 0) is 88.0 Å². The summed E-state index contributed by atoms with van der Waals surface area (Å²) in [4.78, 5) is 16.9. The largest absolute Gasteiger partial charge is 0.465 e. The van der Waals surface area contributed by atoms with Crippen LogP contribution in [-0.4, -0.2) is 48.8 Å². The number of rotatable bonds is 8. The van der Waals surface area contributed by atoms with Gasteiger partial charge in [0.2, 0.25) is 0 Å². The average molecular weight is 494 g/mol. The number of nitrogens with zero attached hydrogens (tertiary/aromatic N) is 2. The van der Waals surface area contributed by atoms with Crippen molar-refractivity contribution in [1.82, 2.24) is 10.2 Å². The monoisotopic (exact) mass is 493 g/mol. The minimum absolute atomic E-state index is 0.475. The molecule has 1 fully saturated rings. The minimum Gasteiger partial charge on any atom is -0.465 e. The first-order valence-electron chi connectivity index (χ1n) is 11.8. The van der Waals surface area contributed by atoms with E-state index in [1.165, 1.54) is 23.9 Å². The van der Waals surface area contributed by atoms with Gasteiger partial charge in [-0.3, -0.25) is 0 Å². The molecule has 0 radical (unpaired) electrons. The van der Waals surface area contributed by atoms with Crippen LogP contribution in [0.3, 0.4) is 0 Å². The highest BCUT2D eigenvalue weighted by molar-refractivity contribution is 7.99. The highest BCUT2D eigenvalue weighted by atomic mass is 32.2. The van der Waals surface area contributed by atoms with Gasteiger partial charge in [-0.1, -0.05) is 23.9 Å². The summed E-state index contributed by atoms with van der Waals surface area (Å²) in [6.45, 7) is 4.08. The summed E-state index contributed by atoms with van der Waals surface area (Å²) in [7, 11) is 0. The van der Waals surface area contributed by atoms with E-state index in [-0.39, 0.29) is 0 Å². The summed E-state index contributed by atoms with van der Waals surface area (Å²) in [5.74, 6) is 0.615. The van der Waals surface area contributed by atoms with Crippen LogP contribution in [0.1, 0.15) is 37.7 Å². The van der Waals surface area contributed by atoms with Crippen molar-refractivity contribution in [2.75, 3.05) is 37.6 Å². The van der Waals surface area contributed by atoms with Crippen molar-refractivity contribution in [2.45, 2.75) is 48.1 Å². The van der Waals surface area contributed by atoms with Gasteiger partial charge in [-0.15, -0.1) is 0 Å². The number of nitrogens with one attached hydrogen (secondary N) is 1. The van der Waals surface area contributed by atoms with E-state index in [9.17, 15) is 18.0 Å². The molecule has 0 unspecified atom stereocenters. The number of anilines is 2. The predicted octanol–water partition coefficient (Wildman–Crippen LogP) is 6.46. The Bertz CT molecular complexity index is 994. The molecule has 0 bridgehead atoms. The van der Waals surface area contributed by atoms with Crippen LogP contribution in [0.25, 0.3) is 0 Å². The number of halogens is 3. The second-order valence-corrected chi connectivity index (χ2v) is 10.00. The Morgan fingerprint density at radius 3 is 2.50 bits per heavy atom. The summed E-state index contributed by atoms with van der Waals surface area (Å²) >= 11 is 1.53. The summed E-state index contributed by atoms with van der Waals surface area (Å²) in [6.07, 6.45) is -0.355. The van der Waals surface area contributed by atoms with Crippen LogP contribution in [-0.2, 0) is 6.18 Å². The molecule has 2 heterocycles. The van der Waals surface area contributed by atoms with Gasteiger partial charge in [-0.2, -0.15) is 13.2 Å². The highest BCUT2D eigenvalue weighted by Crippen LogP contribution is 2.49. The molecule has 2 aromatic rings. The summed E-state index contributed by atoms with van der Waals surface area (Å²) in [5.41, 5.74) is 1.01. The van der Waals surface area contributed by atoms with Gasteiger partial charge in [0, 0.05) is 22.9 Å². The van der Waals surface area contributed by atoms with Crippen LogP contribution in [0.2, 0.25) is 0 Å². The zero-order valence-corrected chi connectivity index (χ0v) is 19.8. The number of piperidine rings is 1. The highest BCUT2D eigenvalue weighted by Gasteiger charge is 2.33. The third-order valence-corrected chi connectivity index (χ3v) is 7.71. The van der Waals surface area contributed by atoms with Gasteiger partial charge in [0.25, 0.3) is 0 Å². The first-order valence-corrected chi connectivity index (χ1v) is 12.6. The molecule has 2 N–H and O–H groups in total. The number of para-hydroxylation sites is 1. The molecule has 0 aliphatic carbocycles. The average Bonchev–Trinajstić information content (AvgIpc) is 2.81. The second kappa shape index (κ2) is 10.9. The van der Waals surface area contributed by atoms with Crippen molar-refractivity contribution in [3.63, 3.8) is 0 Å². The molecule has 4 rings (SSSR count). The van der Waals surface area contributed by atoms with Gasteiger partial charge in [0.05, 0.1) is 16.9 Å². The van der Waals surface area contributed by atoms with Gasteiger partial charge < -0.3 is 20.2 Å². The fraction of sp³-hybridized carbons (Fsp3) is 0.480. The Kier molecular flexibility index (Phi) is 7.93. The lowest BCUT2D eigenvalue weighted by Crippen LogP contribution is -2.36. The molecule has 2 aromatic carbocycles. The third-order valence-electron chi connectivity index (χ3n) is 6.58. The molecule has 0 aromatic heterocycles. The van der Waals surface area contributed by atoms with Crippen molar-refractivity contribution in [3.8, 4) is 0 Å². The number of carboxylic acid groups (broad SMARTS) is 1. The van der Waals surface area contributed by atoms with Crippen LogP contribution in [0.5, 0.6) is 0 Å². The number of amides is 1. The van der Waals surface area contributed by atoms with E-state index in [1.54, 1.807) is 6.07 Å².